The third kappa shape index (κ3) is 10.7. The fourth-order valence-electron chi connectivity index (χ4n) is 1.58. The number of alkyl halides is 3. The van der Waals surface area contributed by atoms with E-state index in [1.54, 1.807) is 0 Å². The Morgan fingerprint density at radius 3 is 2.11 bits per heavy atom. The van der Waals surface area contributed by atoms with Crippen molar-refractivity contribution in [3.8, 4) is 0 Å². The SMILES string of the molecule is CCCCCCC(=O)N[C@@H](NC(C)(C)C)C(Cl)(Cl)Cl. The number of nitrogens with one attached hydrogen (secondary N) is 2. The third-order valence-corrected chi connectivity index (χ3v) is 3.12. The van der Waals surface area contributed by atoms with E-state index in [0.29, 0.717) is 6.42 Å². The highest BCUT2D eigenvalue weighted by atomic mass is 35.6. The predicted octanol–water partition coefficient (Wildman–Crippen LogP) is 4.16. The van der Waals surface area contributed by atoms with Crippen LogP contribution in [0, 0.1) is 0 Å². The molecule has 0 unspecified atom stereocenters. The van der Waals surface area contributed by atoms with Crippen LogP contribution in [-0.4, -0.2) is 21.4 Å². The quantitative estimate of drug-likeness (QED) is 0.418. The lowest BCUT2D eigenvalue weighted by molar-refractivity contribution is -0.122. The van der Waals surface area contributed by atoms with E-state index in [2.05, 4.69) is 17.6 Å². The molecule has 0 spiro atoms. The lowest BCUT2D eigenvalue weighted by atomic mass is 10.1. The van der Waals surface area contributed by atoms with Crippen LogP contribution in [0.3, 0.4) is 0 Å². The molecule has 0 aliphatic heterocycles. The molecule has 0 aromatic carbocycles. The highest BCUT2D eigenvalue weighted by molar-refractivity contribution is 6.68. The summed E-state index contributed by atoms with van der Waals surface area (Å²) in [6.45, 7) is 7.98. The Balaban J connectivity index is 4.29. The van der Waals surface area contributed by atoms with Crippen molar-refractivity contribution in [1.82, 2.24) is 10.6 Å². The van der Waals surface area contributed by atoms with Crippen molar-refractivity contribution in [2.75, 3.05) is 0 Å². The summed E-state index contributed by atoms with van der Waals surface area (Å²) in [5.74, 6) is -0.0934. The van der Waals surface area contributed by atoms with Gasteiger partial charge in [-0.15, -0.1) is 0 Å². The monoisotopic (exact) mass is 330 g/mol. The Labute approximate surface area is 131 Å². The van der Waals surface area contributed by atoms with Gasteiger partial charge in [0, 0.05) is 12.0 Å². The van der Waals surface area contributed by atoms with Gasteiger partial charge in [0.2, 0.25) is 9.70 Å². The van der Waals surface area contributed by atoms with Gasteiger partial charge in [-0.3, -0.25) is 10.1 Å². The van der Waals surface area contributed by atoms with Gasteiger partial charge in [0.05, 0.1) is 0 Å². The van der Waals surface area contributed by atoms with Gasteiger partial charge in [0.15, 0.2) is 0 Å². The number of halogens is 3. The molecule has 0 aromatic rings. The second-order valence-corrected chi connectivity index (χ2v) is 8.12. The lowest BCUT2D eigenvalue weighted by Gasteiger charge is -2.33. The number of unbranched alkanes of at least 4 members (excludes halogenated alkanes) is 3. The topological polar surface area (TPSA) is 41.1 Å². The lowest BCUT2D eigenvalue weighted by Crippen LogP contribution is -2.58. The molecule has 2 N–H and O–H groups in total. The van der Waals surface area contributed by atoms with E-state index in [1.807, 2.05) is 20.8 Å². The van der Waals surface area contributed by atoms with Crippen molar-refractivity contribution in [2.45, 2.75) is 75.3 Å². The zero-order valence-electron chi connectivity index (χ0n) is 12.2. The Bertz CT molecular complexity index is 272. The summed E-state index contributed by atoms with van der Waals surface area (Å²) in [7, 11) is 0. The average molecular weight is 332 g/mol. The van der Waals surface area contributed by atoms with Gasteiger partial charge in [-0.25, -0.2) is 0 Å². The first kappa shape index (κ1) is 19.3. The summed E-state index contributed by atoms with van der Waals surface area (Å²) in [4.78, 5) is 11.8. The zero-order valence-corrected chi connectivity index (χ0v) is 14.4. The summed E-state index contributed by atoms with van der Waals surface area (Å²) in [5, 5.41) is 5.85. The minimum absolute atomic E-state index is 0.0934. The van der Waals surface area contributed by atoms with Gasteiger partial charge in [-0.2, -0.15) is 0 Å². The van der Waals surface area contributed by atoms with Gasteiger partial charge in [-0.1, -0.05) is 61.0 Å². The normalized spacial score (nSPS) is 14.3. The number of rotatable bonds is 7. The predicted molar refractivity (Wildman–Crippen MR) is 83.9 cm³/mol. The van der Waals surface area contributed by atoms with Crippen molar-refractivity contribution in [1.29, 1.82) is 0 Å². The van der Waals surface area contributed by atoms with Gasteiger partial charge in [0.25, 0.3) is 0 Å². The third-order valence-electron chi connectivity index (χ3n) is 2.47. The van der Waals surface area contributed by atoms with Crippen molar-refractivity contribution in [2.24, 2.45) is 0 Å². The zero-order chi connectivity index (χ0) is 15.1. The maximum absolute atomic E-state index is 11.8. The van der Waals surface area contributed by atoms with E-state index in [0.717, 1.165) is 25.7 Å². The first-order valence-corrected chi connectivity index (χ1v) is 7.83. The van der Waals surface area contributed by atoms with E-state index in [9.17, 15) is 4.79 Å². The van der Waals surface area contributed by atoms with Crippen LogP contribution in [0.1, 0.15) is 59.8 Å². The number of carbonyl (C=O) groups is 1. The molecule has 0 rings (SSSR count). The molecule has 1 amide bonds. The Kier molecular flexibility index (Phi) is 8.69. The average Bonchev–Trinajstić information content (AvgIpc) is 2.20. The van der Waals surface area contributed by atoms with Crippen LogP contribution in [-0.2, 0) is 4.79 Å². The van der Waals surface area contributed by atoms with E-state index >= 15 is 0 Å². The molecule has 0 aliphatic rings. The summed E-state index contributed by atoms with van der Waals surface area (Å²) in [6, 6.07) is 0. The fourth-order valence-corrected chi connectivity index (χ4v) is 1.91. The van der Waals surface area contributed by atoms with Crippen LogP contribution in [0.15, 0.2) is 0 Å². The first-order chi connectivity index (χ1) is 8.56. The van der Waals surface area contributed by atoms with Crippen molar-refractivity contribution in [3.05, 3.63) is 0 Å². The molecular weight excluding hydrogens is 307 g/mol. The highest BCUT2D eigenvalue weighted by Crippen LogP contribution is 2.30. The molecule has 0 radical (unpaired) electrons. The van der Waals surface area contributed by atoms with Gasteiger partial charge < -0.3 is 5.32 Å². The number of amides is 1. The summed E-state index contributed by atoms with van der Waals surface area (Å²) < 4.78 is -1.58. The minimum Gasteiger partial charge on any atom is -0.337 e. The van der Waals surface area contributed by atoms with Crippen molar-refractivity contribution >= 4 is 40.7 Å². The summed E-state index contributed by atoms with van der Waals surface area (Å²) in [6.07, 6.45) is 3.96. The van der Waals surface area contributed by atoms with E-state index < -0.39 is 9.96 Å². The van der Waals surface area contributed by atoms with Crippen molar-refractivity contribution in [3.63, 3.8) is 0 Å². The molecular formula is C13H25Cl3N2O. The van der Waals surface area contributed by atoms with Crippen LogP contribution < -0.4 is 10.6 Å². The van der Waals surface area contributed by atoms with Gasteiger partial charge in [0.1, 0.15) is 6.17 Å². The van der Waals surface area contributed by atoms with Crippen LogP contribution in [0.4, 0.5) is 0 Å². The van der Waals surface area contributed by atoms with Gasteiger partial charge >= 0.3 is 0 Å². The van der Waals surface area contributed by atoms with Gasteiger partial charge in [-0.05, 0) is 27.2 Å². The maximum Gasteiger partial charge on any atom is 0.223 e. The Morgan fingerprint density at radius 1 is 1.11 bits per heavy atom. The molecule has 3 nitrogen and oxygen atoms in total. The van der Waals surface area contributed by atoms with E-state index in [4.69, 9.17) is 34.8 Å². The Hall–Kier alpha value is 0.300. The molecule has 6 heteroatoms. The van der Waals surface area contributed by atoms with Crippen molar-refractivity contribution < 1.29 is 4.79 Å². The largest absolute Gasteiger partial charge is 0.337 e. The molecule has 0 aromatic heterocycles. The standard InChI is InChI=1S/C13H25Cl3N2O/c1-5-6-7-8-9-10(19)17-11(13(14,15)16)18-12(2,3)4/h11,18H,5-9H2,1-4H3,(H,17,19)/t11-/m0/s1. The minimum atomic E-state index is -1.58. The molecule has 0 bridgehead atoms. The summed E-state index contributed by atoms with van der Waals surface area (Å²) >= 11 is 17.7. The molecule has 19 heavy (non-hydrogen) atoms. The smallest absolute Gasteiger partial charge is 0.223 e. The molecule has 114 valence electrons. The van der Waals surface area contributed by atoms with Crippen LogP contribution in [0.2, 0.25) is 0 Å². The molecule has 1 atom stereocenters. The van der Waals surface area contributed by atoms with Crippen LogP contribution >= 0.6 is 34.8 Å². The highest BCUT2D eigenvalue weighted by Gasteiger charge is 2.36. The van der Waals surface area contributed by atoms with E-state index in [1.165, 1.54) is 0 Å². The number of hydrogen-bond donors (Lipinski definition) is 2. The number of hydrogen-bond acceptors (Lipinski definition) is 2. The molecule has 0 saturated heterocycles. The first-order valence-electron chi connectivity index (χ1n) is 6.70. The van der Waals surface area contributed by atoms with Crippen LogP contribution in [0.25, 0.3) is 0 Å². The molecule has 0 fully saturated rings. The fraction of sp³-hybridized carbons (Fsp3) is 0.923. The maximum atomic E-state index is 11.8. The second-order valence-electron chi connectivity index (χ2n) is 5.75. The number of carbonyl (C=O) groups excluding carboxylic acids is 1. The molecule has 0 aliphatic carbocycles. The molecule has 0 heterocycles. The van der Waals surface area contributed by atoms with E-state index in [-0.39, 0.29) is 11.4 Å². The van der Waals surface area contributed by atoms with Crippen LogP contribution in [0.5, 0.6) is 0 Å². The Morgan fingerprint density at radius 2 is 1.68 bits per heavy atom. The summed E-state index contributed by atoms with van der Waals surface area (Å²) in [5.41, 5.74) is -0.260. The molecule has 0 saturated carbocycles. The second kappa shape index (κ2) is 8.56.